The number of hydrogen-bond acceptors (Lipinski definition) is 3. The molecule has 0 saturated heterocycles. The fourth-order valence-corrected chi connectivity index (χ4v) is 1.23. The zero-order chi connectivity index (χ0) is 13.0. The average Bonchev–Trinajstić information content (AvgIpc) is 2.23. The zero-order valence-electron chi connectivity index (χ0n) is 9.59. The normalized spacial score (nSPS) is 11.2. The van der Waals surface area contributed by atoms with Gasteiger partial charge in [-0.15, -0.1) is 0 Å². The minimum absolute atomic E-state index is 0.219. The lowest BCUT2D eigenvalue weighted by molar-refractivity contribution is 0.621. The fourth-order valence-electron chi connectivity index (χ4n) is 1.06. The summed E-state index contributed by atoms with van der Waals surface area (Å²) in [5, 5.41) is 10.7. The van der Waals surface area contributed by atoms with Gasteiger partial charge < -0.3 is 16.0 Å². The van der Waals surface area contributed by atoms with Crippen molar-refractivity contribution in [2.45, 2.75) is 0 Å². The summed E-state index contributed by atoms with van der Waals surface area (Å²) in [6, 6.07) is 3.93. The van der Waals surface area contributed by atoms with Crippen molar-refractivity contribution in [3.63, 3.8) is 0 Å². The lowest BCUT2D eigenvalue weighted by atomic mass is 10.3. The molecule has 0 fully saturated rings. The van der Waals surface area contributed by atoms with Crippen molar-refractivity contribution >= 4 is 23.1 Å². The third-order valence-corrected chi connectivity index (χ3v) is 2.31. The molecule has 1 rings (SSSR count). The van der Waals surface area contributed by atoms with E-state index in [0.717, 1.165) is 0 Å². The lowest BCUT2D eigenvalue weighted by Gasteiger charge is -2.12. The molecule has 4 N–H and O–H groups in total. The molecule has 0 amide bonds. The number of nitrogens with two attached hydrogens (primary N) is 1. The number of hydrogen-bond donors (Lipinski definition) is 3. The van der Waals surface area contributed by atoms with Crippen LogP contribution in [0, 0.1) is 11.2 Å². The van der Waals surface area contributed by atoms with Crippen LogP contribution in [-0.4, -0.2) is 24.8 Å². The van der Waals surface area contributed by atoms with Gasteiger partial charge in [-0.05, 0) is 18.2 Å². The number of benzene rings is 1. The Labute approximate surface area is 104 Å². The number of rotatable bonds is 3. The van der Waals surface area contributed by atoms with Crippen LogP contribution in [0.3, 0.4) is 0 Å². The molecule has 0 saturated carbocycles. The molecule has 0 aliphatic rings. The molecule has 0 heterocycles. The smallest absolute Gasteiger partial charge is 0.125 e. The van der Waals surface area contributed by atoms with E-state index in [9.17, 15) is 4.39 Å². The van der Waals surface area contributed by atoms with E-state index in [4.69, 9.17) is 22.7 Å². The van der Waals surface area contributed by atoms with Crippen molar-refractivity contribution < 1.29 is 4.39 Å². The minimum Gasteiger partial charge on any atom is -0.385 e. The summed E-state index contributed by atoms with van der Waals surface area (Å²) in [4.78, 5) is 1.59. The highest BCUT2D eigenvalue weighted by Gasteiger charge is 2.03. The third-order valence-electron chi connectivity index (χ3n) is 1.98. The zero-order valence-corrected chi connectivity index (χ0v) is 10.3. The number of amidine groups is 1. The first-order valence-electron chi connectivity index (χ1n) is 4.85. The van der Waals surface area contributed by atoms with Crippen LogP contribution >= 0.6 is 11.6 Å². The Morgan fingerprint density at radius 1 is 1.53 bits per heavy atom. The van der Waals surface area contributed by atoms with Crippen molar-refractivity contribution in [2.24, 2.45) is 5.73 Å². The van der Waals surface area contributed by atoms with E-state index in [1.165, 1.54) is 24.3 Å². The molecular formula is C11H14ClFN4. The van der Waals surface area contributed by atoms with Crippen LogP contribution in [0.5, 0.6) is 0 Å². The molecule has 4 nitrogen and oxygen atoms in total. The Balaban J connectivity index is 2.84. The van der Waals surface area contributed by atoms with Gasteiger partial charge in [0.15, 0.2) is 0 Å². The summed E-state index contributed by atoms with van der Waals surface area (Å²) < 4.78 is 13.0. The molecule has 0 bridgehead atoms. The van der Waals surface area contributed by atoms with Gasteiger partial charge in [-0.1, -0.05) is 11.6 Å². The number of nitrogens with one attached hydrogen (secondary N) is 2. The maximum atomic E-state index is 13.0. The maximum absolute atomic E-state index is 13.0. The van der Waals surface area contributed by atoms with Crippen molar-refractivity contribution in [1.29, 1.82) is 5.41 Å². The second-order valence-electron chi connectivity index (χ2n) is 3.63. The molecule has 6 heteroatoms. The molecule has 17 heavy (non-hydrogen) atoms. The number of halogens is 2. The summed E-state index contributed by atoms with van der Waals surface area (Å²) in [5.41, 5.74) is 6.03. The summed E-state index contributed by atoms with van der Waals surface area (Å²) in [5.74, 6) is 0.0334. The standard InChI is InChI=1S/C11H14ClFN4/c1-17(2)11(15)6-10(14)16-9-5-7(13)3-4-8(9)12/h3-6,15-16H,14H2,1-2H3/b10-6+,15-11?. The largest absolute Gasteiger partial charge is 0.385 e. The van der Waals surface area contributed by atoms with Gasteiger partial charge >= 0.3 is 0 Å². The van der Waals surface area contributed by atoms with Crippen LogP contribution in [0.15, 0.2) is 30.1 Å². The highest BCUT2D eigenvalue weighted by atomic mass is 35.5. The molecule has 1 aromatic carbocycles. The highest BCUT2D eigenvalue weighted by molar-refractivity contribution is 6.33. The average molecular weight is 257 g/mol. The summed E-state index contributed by atoms with van der Waals surface area (Å²) in [7, 11) is 3.45. The minimum atomic E-state index is -0.410. The molecular weight excluding hydrogens is 243 g/mol. The van der Waals surface area contributed by atoms with E-state index >= 15 is 0 Å². The lowest BCUT2D eigenvalue weighted by Crippen LogP contribution is -2.21. The van der Waals surface area contributed by atoms with Crippen LogP contribution in [0.2, 0.25) is 5.02 Å². The van der Waals surface area contributed by atoms with Gasteiger partial charge in [0, 0.05) is 20.2 Å². The molecule has 1 aromatic rings. The third kappa shape index (κ3) is 3.96. The van der Waals surface area contributed by atoms with Gasteiger partial charge in [-0.2, -0.15) is 0 Å². The molecule has 0 unspecified atom stereocenters. The number of likely N-dealkylation sites (N-methyl/N-ethyl adjacent to an activating group) is 1. The van der Waals surface area contributed by atoms with Crippen molar-refractivity contribution in [1.82, 2.24) is 4.90 Å². The van der Waals surface area contributed by atoms with E-state index in [-0.39, 0.29) is 11.7 Å². The van der Waals surface area contributed by atoms with Gasteiger partial charge in [0.1, 0.15) is 17.5 Å². The molecule has 0 aromatic heterocycles. The first-order chi connectivity index (χ1) is 7.90. The number of anilines is 1. The van der Waals surface area contributed by atoms with Gasteiger partial charge in [0.05, 0.1) is 10.7 Å². The second kappa shape index (κ2) is 5.54. The first-order valence-corrected chi connectivity index (χ1v) is 5.23. The first kappa shape index (κ1) is 13.3. The quantitative estimate of drug-likeness (QED) is 0.574. The summed E-state index contributed by atoms with van der Waals surface area (Å²) in [6.45, 7) is 0. The van der Waals surface area contributed by atoms with E-state index in [1.807, 2.05) is 0 Å². The Morgan fingerprint density at radius 3 is 2.76 bits per heavy atom. The van der Waals surface area contributed by atoms with Gasteiger partial charge in [-0.25, -0.2) is 4.39 Å². The monoisotopic (exact) mass is 256 g/mol. The van der Waals surface area contributed by atoms with Gasteiger partial charge in [-0.3, -0.25) is 5.41 Å². The van der Waals surface area contributed by atoms with Crippen LogP contribution in [0.4, 0.5) is 10.1 Å². The van der Waals surface area contributed by atoms with Gasteiger partial charge in [0.2, 0.25) is 0 Å². The highest BCUT2D eigenvalue weighted by Crippen LogP contribution is 2.22. The molecule has 0 aliphatic heterocycles. The van der Waals surface area contributed by atoms with Crippen molar-refractivity contribution in [2.75, 3.05) is 19.4 Å². The van der Waals surface area contributed by atoms with E-state index in [1.54, 1.807) is 19.0 Å². The summed E-state index contributed by atoms with van der Waals surface area (Å²) >= 11 is 5.86. The second-order valence-corrected chi connectivity index (χ2v) is 4.04. The Morgan fingerprint density at radius 2 is 2.18 bits per heavy atom. The predicted octanol–water partition coefficient (Wildman–Crippen LogP) is 2.23. The Hall–Kier alpha value is -1.75. The fraction of sp³-hybridized carbons (Fsp3) is 0.182. The summed E-state index contributed by atoms with van der Waals surface area (Å²) in [6.07, 6.45) is 1.42. The molecule has 0 radical (unpaired) electrons. The van der Waals surface area contributed by atoms with E-state index in [2.05, 4.69) is 5.32 Å². The van der Waals surface area contributed by atoms with Crippen LogP contribution in [0.1, 0.15) is 0 Å². The number of nitrogens with zero attached hydrogens (tertiary/aromatic N) is 1. The van der Waals surface area contributed by atoms with E-state index < -0.39 is 5.82 Å². The van der Waals surface area contributed by atoms with Crippen LogP contribution in [-0.2, 0) is 0 Å². The molecule has 0 spiro atoms. The topological polar surface area (TPSA) is 65.1 Å². The van der Waals surface area contributed by atoms with Crippen LogP contribution < -0.4 is 11.1 Å². The predicted molar refractivity (Wildman–Crippen MR) is 68.7 cm³/mol. The van der Waals surface area contributed by atoms with Gasteiger partial charge in [0.25, 0.3) is 0 Å². The Kier molecular flexibility index (Phi) is 4.34. The maximum Gasteiger partial charge on any atom is 0.125 e. The van der Waals surface area contributed by atoms with Crippen LogP contribution in [0.25, 0.3) is 0 Å². The molecule has 0 atom stereocenters. The Bertz CT molecular complexity index is 457. The molecule has 0 aliphatic carbocycles. The van der Waals surface area contributed by atoms with E-state index in [0.29, 0.717) is 10.7 Å². The van der Waals surface area contributed by atoms with Crippen molar-refractivity contribution in [3.8, 4) is 0 Å². The SMILES string of the molecule is CN(C)C(=N)/C=C(\N)Nc1cc(F)ccc1Cl. The molecule has 92 valence electrons. The van der Waals surface area contributed by atoms with Crippen molar-refractivity contribution in [3.05, 3.63) is 40.9 Å².